The molecule has 31 heavy (non-hydrogen) atoms. The van der Waals surface area contributed by atoms with E-state index in [2.05, 4.69) is 28.4 Å². The molecule has 0 spiro atoms. The van der Waals surface area contributed by atoms with Crippen LogP contribution in [0, 0.1) is 5.92 Å². The summed E-state index contributed by atoms with van der Waals surface area (Å²) in [5.74, 6) is 0.542. The zero-order valence-electron chi connectivity index (χ0n) is 17.7. The van der Waals surface area contributed by atoms with E-state index >= 15 is 0 Å². The highest BCUT2D eigenvalue weighted by Gasteiger charge is 2.33. The van der Waals surface area contributed by atoms with Crippen LogP contribution in [0.1, 0.15) is 35.4 Å². The number of likely N-dealkylation sites (tertiary alicyclic amines) is 1. The summed E-state index contributed by atoms with van der Waals surface area (Å²) in [4.78, 5) is 30.4. The Bertz CT molecular complexity index is 927. The molecule has 3 fully saturated rings. The first kappa shape index (κ1) is 20.5. The summed E-state index contributed by atoms with van der Waals surface area (Å²) < 4.78 is 5.53. The van der Waals surface area contributed by atoms with Crippen molar-refractivity contribution in [2.75, 3.05) is 44.3 Å². The van der Waals surface area contributed by atoms with Gasteiger partial charge >= 0.3 is 0 Å². The first-order chi connectivity index (χ1) is 15.2. The standard InChI is InChI=1S/C24H29N3O3S/c28-22(18-6-7-18)25-19-8-10-26(11-9-19)23(29)21-16-20(17-4-2-1-3-5-17)24(31-21)27-12-14-30-15-13-27/h1-5,16,18-19H,6-15H2,(H,25,28). The summed E-state index contributed by atoms with van der Waals surface area (Å²) >= 11 is 1.60. The Morgan fingerprint density at radius 1 is 0.968 bits per heavy atom. The van der Waals surface area contributed by atoms with E-state index in [4.69, 9.17) is 4.74 Å². The molecule has 2 aromatic rings. The minimum atomic E-state index is 0.105. The number of benzene rings is 1. The van der Waals surface area contributed by atoms with Gasteiger partial charge in [0.2, 0.25) is 5.91 Å². The van der Waals surface area contributed by atoms with Crippen molar-refractivity contribution in [2.24, 2.45) is 5.92 Å². The molecule has 3 aliphatic rings. The summed E-state index contributed by atoms with van der Waals surface area (Å²) in [5.41, 5.74) is 2.27. The number of hydrogen-bond acceptors (Lipinski definition) is 5. The van der Waals surface area contributed by atoms with Gasteiger partial charge in [-0.2, -0.15) is 0 Å². The topological polar surface area (TPSA) is 61.9 Å². The number of carbonyl (C=O) groups excluding carboxylic acids is 2. The molecule has 6 nitrogen and oxygen atoms in total. The van der Waals surface area contributed by atoms with Gasteiger partial charge in [0.05, 0.1) is 23.1 Å². The number of rotatable bonds is 5. The lowest BCUT2D eigenvalue weighted by atomic mass is 10.0. The molecule has 2 amide bonds. The number of ether oxygens (including phenoxy) is 1. The number of hydrogen-bond donors (Lipinski definition) is 1. The Kier molecular flexibility index (Phi) is 5.96. The lowest BCUT2D eigenvalue weighted by Crippen LogP contribution is -2.46. The molecule has 1 aromatic carbocycles. The van der Waals surface area contributed by atoms with Crippen LogP contribution in [0.3, 0.4) is 0 Å². The zero-order chi connectivity index (χ0) is 21.2. The Labute approximate surface area is 187 Å². The second kappa shape index (κ2) is 9.01. The van der Waals surface area contributed by atoms with Gasteiger partial charge in [0.1, 0.15) is 0 Å². The molecule has 0 bridgehead atoms. The number of amides is 2. The van der Waals surface area contributed by atoms with Gasteiger partial charge in [-0.25, -0.2) is 0 Å². The molecule has 164 valence electrons. The first-order valence-electron chi connectivity index (χ1n) is 11.3. The molecule has 1 aliphatic carbocycles. The summed E-state index contributed by atoms with van der Waals surface area (Å²) in [6.07, 6.45) is 3.71. The molecule has 0 atom stereocenters. The molecule has 3 heterocycles. The summed E-state index contributed by atoms with van der Waals surface area (Å²) in [5, 5.41) is 4.32. The largest absolute Gasteiger partial charge is 0.378 e. The lowest BCUT2D eigenvalue weighted by Gasteiger charge is -2.32. The first-order valence-corrected chi connectivity index (χ1v) is 12.1. The van der Waals surface area contributed by atoms with Crippen LogP contribution in [0.2, 0.25) is 0 Å². The normalized spacial score (nSPS) is 20.0. The molecule has 5 rings (SSSR count). The predicted molar refractivity (Wildman–Crippen MR) is 123 cm³/mol. The van der Waals surface area contributed by atoms with Gasteiger partial charge in [0, 0.05) is 43.7 Å². The number of nitrogens with zero attached hydrogens (tertiary/aromatic N) is 2. The highest BCUT2D eigenvalue weighted by Crippen LogP contribution is 2.40. The van der Waals surface area contributed by atoms with Crippen molar-refractivity contribution in [1.82, 2.24) is 10.2 Å². The molecule has 1 saturated carbocycles. The third-order valence-corrected chi connectivity index (χ3v) is 7.57. The van der Waals surface area contributed by atoms with E-state index in [-0.39, 0.29) is 23.8 Å². The Morgan fingerprint density at radius 2 is 1.68 bits per heavy atom. The van der Waals surface area contributed by atoms with Gasteiger partial charge in [-0.1, -0.05) is 30.3 Å². The van der Waals surface area contributed by atoms with Crippen LogP contribution < -0.4 is 10.2 Å². The van der Waals surface area contributed by atoms with Crippen molar-refractivity contribution in [1.29, 1.82) is 0 Å². The second-order valence-electron chi connectivity index (χ2n) is 8.64. The molecular weight excluding hydrogens is 410 g/mol. The molecule has 2 aliphatic heterocycles. The fourth-order valence-electron chi connectivity index (χ4n) is 4.36. The van der Waals surface area contributed by atoms with E-state index in [1.807, 2.05) is 23.1 Å². The van der Waals surface area contributed by atoms with Crippen molar-refractivity contribution >= 4 is 28.2 Å². The Hall–Kier alpha value is -2.38. The van der Waals surface area contributed by atoms with Crippen molar-refractivity contribution in [2.45, 2.75) is 31.7 Å². The third-order valence-electron chi connectivity index (χ3n) is 6.38. The van der Waals surface area contributed by atoms with Gasteiger partial charge < -0.3 is 19.9 Å². The number of morpholine rings is 1. The highest BCUT2D eigenvalue weighted by molar-refractivity contribution is 7.18. The van der Waals surface area contributed by atoms with Gasteiger partial charge in [-0.15, -0.1) is 11.3 Å². The average molecular weight is 440 g/mol. The Balaban J connectivity index is 1.31. The van der Waals surface area contributed by atoms with Gasteiger partial charge in [-0.3, -0.25) is 9.59 Å². The van der Waals surface area contributed by atoms with Crippen LogP contribution in [0.15, 0.2) is 36.4 Å². The van der Waals surface area contributed by atoms with Gasteiger partial charge in [0.25, 0.3) is 5.91 Å². The summed E-state index contributed by atoms with van der Waals surface area (Å²) in [6.45, 7) is 4.52. The zero-order valence-corrected chi connectivity index (χ0v) is 18.5. The maximum absolute atomic E-state index is 13.3. The quantitative estimate of drug-likeness (QED) is 0.776. The van der Waals surface area contributed by atoms with E-state index in [1.165, 1.54) is 0 Å². The number of thiophene rings is 1. The SMILES string of the molecule is O=C(NC1CCN(C(=O)c2cc(-c3ccccc3)c(N3CCOCC3)s2)CC1)C1CC1. The van der Waals surface area contributed by atoms with E-state index < -0.39 is 0 Å². The lowest BCUT2D eigenvalue weighted by molar-refractivity contribution is -0.123. The Morgan fingerprint density at radius 3 is 2.35 bits per heavy atom. The van der Waals surface area contributed by atoms with Crippen LogP contribution in [-0.2, 0) is 9.53 Å². The summed E-state index contributed by atoms with van der Waals surface area (Å²) in [7, 11) is 0. The van der Waals surface area contributed by atoms with Crippen LogP contribution in [0.25, 0.3) is 11.1 Å². The van der Waals surface area contributed by atoms with Crippen LogP contribution in [-0.4, -0.2) is 62.1 Å². The van der Waals surface area contributed by atoms with E-state index in [0.29, 0.717) is 13.1 Å². The van der Waals surface area contributed by atoms with Crippen molar-refractivity contribution < 1.29 is 14.3 Å². The summed E-state index contributed by atoms with van der Waals surface area (Å²) in [6, 6.07) is 12.6. The smallest absolute Gasteiger partial charge is 0.264 e. The van der Waals surface area contributed by atoms with Crippen molar-refractivity contribution in [3.05, 3.63) is 41.3 Å². The number of carbonyl (C=O) groups is 2. The number of anilines is 1. The fourth-order valence-corrected chi connectivity index (χ4v) is 5.56. The molecule has 7 heteroatoms. The molecular formula is C24H29N3O3S. The maximum atomic E-state index is 13.3. The second-order valence-corrected chi connectivity index (χ2v) is 9.67. The molecule has 0 radical (unpaired) electrons. The number of piperidine rings is 1. The molecule has 2 saturated heterocycles. The van der Waals surface area contributed by atoms with Crippen molar-refractivity contribution in [3.8, 4) is 11.1 Å². The molecule has 1 aromatic heterocycles. The van der Waals surface area contributed by atoms with E-state index in [1.54, 1.807) is 11.3 Å². The third kappa shape index (κ3) is 4.62. The average Bonchev–Trinajstić information content (AvgIpc) is 3.59. The van der Waals surface area contributed by atoms with Gasteiger partial charge in [0.15, 0.2) is 0 Å². The monoisotopic (exact) mass is 439 g/mol. The van der Waals surface area contributed by atoms with Gasteiger partial charge in [-0.05, 0) is 37.3 Å². The minimum Gasteiger partial charge on any atom is -0.378 e. The van der Waals surface area contributed by atoms with E-state index in [0.717, 1.165) is 73.0 Å². The fraction of sp³-hybridized carbons (Fsp3) is 0.500. The van der Waals surface area contributed by atoms with E-state index in [9.17, 15) is 9.59 Å². The number of nitrogens with one attached hydrogen (secondary N) is 1. The predicted octanol–water partition coefficient (Wildman–Crippen LogP) is 3.38. The van der Waals surface area contributed by atoms with Crippen LogP contribution >= 0.6 is 11.3 Å². The highest BCUT2D eigenvalue weighted by atomic mass is 32.1. The maximum Gasteiger partial charge on any atom is 0.264 e. The van der Waals surface area contributed by atoms with Crippen molar-refractivity contribution in [3.63, 3.8) is 0 Å². The molecule has 1 N–H and O–H groups in total. The molecule has 0 unspecified atom stereocenters. The van der Waals surface area contributed by atoms with Crippen LogP contribution in [0.5, 0.6) is 0 Å². The van der Waals surface area contributed by atoms with Crippen LogP contribution in [0.4, 0.5) is 5.00 Å². The minimum absolute atomic E-state index is 0.105.